The summed E-state index contributed by atoms with van der Waals surface area (Å²) in [6.07, 6.45) is 14.4. The van der Waals surface area contributed by atoms with E-state index in [1.54, 1.807) is 19.1 Å². The third kappa shape index (κ3) is 19.7. The Morgan fingerprint density at radius 1 is 0.555 bits per heavy atom. The Hall–Kier alpha value is -1.89. The normalized spacial score (nSPS) is 43.8. The van der Waals surface area contributed by atoms with Crippen LogP contribution in [0.4, 0.5) is 0 Å². The molecule has 0 aliphatic carbocycles. The second-order valence-corrected chi connectivity index (χ2v) is 35.7. The third-order valence-corrected chi connectivity index (χ3v) is 28.6. The number of rotatable bonds is 24. The van der Waals surface area contributed by atoms with Gasteiger partial charge in [0, 0.05) is 66.3 Å². The molecule has 8 fully saturated rings. The first-order valence-electron chi connectivity index (χ1n) is 41.4. The van der Waals surface area contributed by atoms with E-state index >= 15 is 0 Å². The van der Waals surface area contributed by atoms with Crippen molar-refractivity contribution in [3.8, 4) is 0 Å². The van der Waals surface area contributed by atoms with E-state index in [9.17, 15) is 54.6 Å². The number of carboxylic acids is 1. The van der Waals surface area contributed by atoms with Crippen LogP contribution in [-0.2, 0) is 93.8 Å². The molecule has 0 saturated carbocycles. The molecule has 35 atom stereocenters. The fourth-order valence-corrected chi connectivity index (χ4v) is 20.7. The Labute approximate surface area is 683 Å². The van der Waals surface area contributed by atoms with Crippen LogP contribution in [0.15, 0.2) is 24.3 Å². The molecule has 627 valence electrons. The van der Waals surface area contributed by atoms with Crippen LogP contribution in [-0.4, -0.2) is 191 Å². The van der Waals surface area contributed by atoms with Gasteiger partial charge in [-0.15, -0.1) is 5.92 Å². The van der Waals surface area contributed by atoms with Crippen LogP contribution in [0.5, 0.6) is 0 Å². The van der Waals surface area contributed by atoms with E-state index in [0.717, 1.165) is 25.7 Å². The Bertz CT molecular complexity index is 3160. The summed E-state index contributed by atoms with van der Waals surface area (Å²) in [6, 6.07) is 0. The first kappa shape index (κ1) is 96.9. The van der Waals surface area contributed by atoms with Gasteiger partial charge in [-0.2, -0.15) is 0 Å². The zero-order valence-corrected chi connectivity index (χ0v) is 73.2. The first-order chi connectivity index (χ1) is 50.6. The number of carboxylic acid groups (broad SMARTS) is 1. The van der Waals surface area contributed by atoms with Crippen molar-refractivity contribution in [2.75, 3.05) is 0 Å². The van der Waals surface area contributed by atoms with Crippen molar-refractivity contribution in [3.63, 3.8) is 0 Å². The minimum absolute atomic E-state index is 0. The summed E-state index contributed by atoms with van der Waals surface area (Å²) in [5.41, 5.74) is -3.32. The molecule has 0 aromatic heterocycles. The predicted molar refractivity (Wildman–Crippen MR) is 398 cm³/mol. The SMILES string of the molecule is CC[C@@H](C(=O)[C@@H](C)[C@@H](O)[C@H](C)[C@@H]1O[C@@H]([C@@H](CC)C(=O)O)CC[C@@H]1C)[C@H]1O[C@]2(C=CC(=O)[C@]3(CC[C@@](C)([C@H]4CC[C@](O)(CC)[C@H](C)O4)O3)O2)[C@H](C)C[C@@H]1C.CC[C@@H]([C-]=O)[C@H]1CC[C@H](C)[C@H]([C@@H](C)[C@H](O)[C@H](C)C(=O)[C@H](CC)[C@H]2O[C@]3(C=C[C@@H](O)[C@]4(CC[C@@](C)([C@H]5CC[C@](O)(CC)[C@H](C)O5)O4)O3)[C@H](C)C[C@@H]2C)O1.[Na+].[OH-].[O]=[Mn]=[O]. The summed E-state index contributed by atoms with van der Waals surface area (Å²) in [4.78, 5) is 66.0. The van der Waals surface area contributed by atoms with E-state index in [1.165, 1.54) is 6.08 Å². The fourth-order valence-electron chi connectivity index (χ4n) is 20.7. The molecule has 0 aromatic carbocycles. The molecule has 7 N–H and O–H groups in total. The number of hydrogen-bond donors (Lipinski definition) is 6. The van der Waals surface area contributed by atoms with Gasteiger partial charge in [-0.25, -0.2) is 0 Å². The number of carbonyl (C=O) groups is 4. The van der Waals surface area contributed by atoms with Crippen molar-refractivity contribution in [3.05, 3.63) is 24.3 Å². The van der Waals surface area contributed by atoms with Crippen molar-refractivity contribution in [1.82, 2.24) is 0 Å². The molecule has 10 aliphatic rings. The van der Waals surface area contributed by atoms with Crippen molar-refractivity contribution < 1.29 is 160 Å². The Morgan fingerprint density at radius 3 is 1.40 bits per heavy atom. The summed E-state index contributed by atoms with van der Waals surface area (Å²) in [5, 5.41) is 66.7. The van der Waals surface area contributed by atoms with Gasteiger partial charge in [0.15, 0.2) is 11.6 Å². The first-order valence-corrected chi connectivity index (χ1v) is 42.4. The number of Topliss-reactive ketones (excluding diaryl/α,β-unsaturated/α-hetero) is 2. The number of hydrogen-bond acceptors (Lipinski definition) is 23. The molecule has 0 aromatic rings. The van der Waals surface area contributed by atoms with Crippen LogP contribution < -0.4 is 29.6 Å². The third-order valence-electron chi connectivity index (χ3n) is 28.6. The van der Waals surface area contributed by atoms with Crippen LogP contribution in [0.25, 0.3) is 0 Å². The van der Waals surface area contributed by atoms with Crippen molar-refractivity contribution in [2.24, 2.45) is 82.9 Å². The van der Waals surface area contributed by atoms with Gasteiger partial charge in [0.25, 0.3) is 0 Å². The van der Waals surface area contributed by atoms with Crippen LogP contribution >= 0.6 is 0 Å². The summed E-state index contributed by atoms with van der Waals surface area (Å²) in [7, 11) is 0. The minimum atomic E-state index is -1.56. The average molecular weight is 1610 g/mol. The second kappa shape index (κ2) is 39.3. The molecule has 0 unspecified atom stereocenters. The van der Waals surface area contributed by atoms with Crippen LogP contribution in [0.2, 0.25) is 0 Å². The molecular formula is C84H138MnNaO24-. The Morgan fingerprint density at radius 2 is 0.982 bits per heavy atom. The van der Waals surface area contributed by atoms with Crippen molar-refractivity contribution in [2.45, 2.75) is 392 Å². The van der Waals surface area contributed by atoms with Crippen LogP contribution in [0, 0.1) is 82.9 Å². The van der Waals surface area contributed by atoms with Gasteiger partial charge in [0.05, 0.1) is 95.5 Å². The second-order valence-electron chi connectivity index (χ2n) is 35.5. The molecule has 0 amide bonds. The monoisotopic (exact) mass is 1610 g/mol. The Kier molecular flexibility index (Phi) is 34.7. The number of aliphatic hydroxyl groups excluding tert-OH is 3. The van der Waals surface area contributed by atoms with E-state index in [2.05, 4.69) is 40.9 Å². The van der Waals surface area contributed by atoms with Crippen molar-refractivity contribution in [1.29, 1.82) is 0 Å². The molecular weight excluding hydrogens is 1470 g/mol. The number of aliphatic hydroxyl groups is 5. The molecule has 24 nitrogen and oxygen atoms in total. The maximum absolute atomic E-state index is 14.4. The number of aliphatic carboxylic acids is 1. The summed E-state index contributed by atoms with van der Waals surface area (Å²) < 4.78 is 83.6. The zero-order valence-electron chi connectivity index (χ0n) is 70.0. The molecule has 0 radical (unpaired) electrons. The van der Waals surface area contributed by atoms with Gasteiger partial charge >= 0.3 is 58.0 Å². The molecule has 10 rings (SSSR count). The van der Waals surface area contributed by atoms with Crippen LogP contribution in [0.3, 0.4) is 0 Å². The van der Waals surface area contributed by atoms with E-state index in [-0.39, 0.29) is 142 Å². The topological polar surface area (TPSA) is 363 Å². The van der Waals surface area contributed by atoms with E-state index < -0.39 is 138 Å². The molecule has 110 heavy (non-hydrogen) atoms. The van der Waals surface area contributed by atoms with Gasteiger partial charge in [-0.1, -0.05) is 117 Å². The number of ether oxygens (including phenoxy) is 10. The van der Waals surface area contributed by atoms with E-state index in [1.807, 2.05) is 103 Å². The zero-order chi connectivity index (χ0) is 80.4. The predicted octanol–water partition coefficient (Wildman–Crippen LogP) is 9.20. The van der Waals surface area contributed by atoms with Crippen molar-refractivity contribution >= 4 is 29.6 Å². The number of ketones is 3. The van der Waals surface area contributed by atoms with Gasteiger partial charge < -0.3 is 88.3 Å². The van der Waals surface area contributed by atoms with E-state index in [4.69, 9.17) is 55.0 Å². The van der Waals surface area contributed by atoms with Gasteiger partial charge in [0.2, 0.25) is 17.4 Å². The fraction of sp³-hybridized carbons (Fsp3) is 0.893. The Balaban J connectivity index is 0.000000326. The summed E-state index contributed by atoms with van der Waals surface area (Å²) in [6.45, 7) is 39.3. The molecule has 0 bridgehead atoms. The van der Waals surface area contributed by atoms with Crippen LogP contribution in [0.1, 0.15) is 267 Å². The summed E-state index contributed by atoms with van der Waals surface area (Å²) >= 11 is -1.44. The van der Waals surface area contributed by atoms with Gasteiger partial charge in [0.1, 0.15) is 17.7 Å². The summed E-state index contributed by atoms with van der Waals surface area (Å²) in [5.74, 6) is -10.7. The average Bonchev–Trinajstić information content (AvgIpc) is 1.53. The molecule has 10 heterocycles. The van der Waals surface area contributed by atoms with Gasteiger partial charge in [-0.3, -0.25) is 25.5 Å². The molecule has 4 spiro atoms. The molecule has 26 heteroatoms. The molecule has 10 aliphatic heterocycles. The quantitative estimate of drug-likeness (QED) is 0.0298. The van der Waals surface area contributed by atoms with E-state index in [0.29, 0.717) is 103 Å². The maximum atomic E-state index is 14.4. The standard InChI is InChI=1S/C42H68O11.C42H69O10.Mn.Na.H2O.2O/c1-11-29(38(46)47)31-15-14-23(4)36(50-31)27(8)34(44)26(7)35(45)30(12-2)37-24(5)22-25(6)41(51-37)19-16-32(43)42(53-41)21-20-39(10,52-42)33-17-18-40(48,13-3)28(9)49-33;1-11-30(23-43)32-15-14-24(4)37(49-32)28(8)35(45)27(7)36(46)31(12-2)38-25(5)22-26(6)41(50-38)19-16-33(44)42(52-41)21-20-39(10,51-42)34-17-18-40(47,13-3)29(9)48-34;;;;;/h16,19,23-31,33-34,36-37,44,48H,11-15,17-18,20-22H2,1-10H3,(H,46,47);16,19,24-35,37-38,44-45,47H,11-15,17-18,20-22H2,1-10H3;;;1H2;;/q;-1;;+1;;;/p-1/t23-,24-,25+,26-,27-,28-,29+,30-,31+,33+,34+,36+,37-,39-,40+,41-,42-;24-,25-,26+,27-,28-,29-,30-,31-,32+,33+,34+,35+,37+,38-,39-,40+,41-,42-;;;;;/m00...../s1. The molecule has 8 saturated heterocycles. The number of carbonyl (C=O) groups excluding carboxylic acids is 4. The van der Waals surface area contributed by atoms with Gasteiger partial charge in [-0.05, 0) is 185 Å².